The van der Waals surface area contributed by atoms with E-state index in [2.05, 4.69) is 20.9 Å². The monoisotopic (exact) mass is 157 g/mol. The van der Waals surface area contributed by atoms with Crippen LogP contribution in [0, 0.1) is 0 Å². The molecule has 0 radical (unpaired) electrons. The molecular weight excluding hydrogens is 150 g/mol. The summed E-state index contributed by atoms with van der Waals surface area (Å²) in [6.45, 7) is 0. The highest BCUT2D eigenvalue weighted by atomic mass is 32.1. The molecule has 10 heavy (non-hydrogen) atoms. The normalized spacial score (nSPS) is 8.90. The molecule has 1 rings (SSSR count). The first-order chi connectivity index (χ1) is 4.83. The topological polar surface area (TPSA) is 54.8 Å². The van der Waals surface area contributed by atoms with Gasteiger partial charge in [-0.3, -0.25) is 5.43 Å². The maximum absolute atomic E-state index is 4.80. The summed E-state index contributed by atoms with van der Waals surface area (Å²) in [5.74, 6) is 0. The zero-order chi connectivity index (χ0) is 7.40. The van der Waals surface area contributed by atoms with Gasteiger partial charge < -0.3 is 5.32 Å². The Balaban J connectivity index is 2.48. The number of hydrogen-bond acceptors (Lipinski definition) is 3. The summed E-state index contributed by atoms with van der Waals surface area (Å²) in [7, 11) is 1.74. The van der Waals surface area contributed by atoms with Crippen molar-refractivity contribution in [2.45, 2.75) is 0 Å². The molecule has 0 fully saturated rings. The molecule has 0 aromatic carbocycles. The summed E-state index contributed by atoms with van der Waals surface area (Å²) >= 11 is 4.80. The number of aromatic nitrogens is 3. The van der Waals surface area contributed by atoms with Crippen molar-refractivity contribution >= 4 is 17.3 Å². The zero-order valence-corrected chi connectivity index (χ0v) is 6.22. The summed E-state index contributed by atoms with van der Waals surface area (Å²) in [4.78, 5) is 0. The molecule has 0 aliphatic carbocycles. The average Bonchev–Trinajstić information content (AvgIpc) is 2.40. The molecule has 0 atom stereocenters. The van der Waals surface area contributed by atoms with E-state index in [9.17, 15) is 0 Å². The highest BCUT2D eigenvalue weighted by Crippen LogP contribution is 1.74. The Morgan fingerprint density at radius 1 is 1.50 bits per heavy atom. The first kappa shape index (κ1) is 6.94. The van der Waals surface area contributed by atoms with Crippen LogP contribution in [0.4, 0.5) is 0 Å². The van der Waals surface area contributed by atoms with E-state index >= 15 is 0 Å². The highest BCUT2D eigenvalue weighted by Gasteiger charge is 1.89. The van der Waals surface area contributed by atoms with Crippen LogP contribution in [0.15, 0.2) is 12.7 Å². The molecule has 0 saturated heterocycles. The molecule has 0 spiro atoms. The van der Waals surface area contributed by atoms with Gasteiger partial charge in [0.25, 0.3) is 0 Å². The third kappa shape index (κ3) is 1.66. The molecule has 1 heterocycles. The van der Waals surface area contributed by atoms with Gasteiger partial charge in [-0.2, -0.15) is 0 Å². The van der Waals surface area contributed by atoms with E-state index in [4.69, 9.17) is 12.2 Å². The molecule has 0 aliphatic rings. The summed E-state index contributed by atoms with van der Waals surface area (Å²) in [5, 5.41) is 10.4. The van der Waals surface area contributed by atoms with Crippen LogP contribution in [0.25, 0.3) is 0 Å². The van der Waals surface area contributed by atoms with Crippen molar-refractivity contribution < 1.29 is 0 Å². The predicted octanol–water partition coefficient (Wildman–Crippen LogP) is -0.674. The van der Waals surface area contributed by atoms with Crippen LogP contribution in [0.3, 0.4) is 0 Å². The molecule has 0 amide bonds. The molecule has 1 aromatic heterocycles. The Labute approximate surface area is 63.4 Å². The van der Waals surface area contributed by atoms with Crippen molar-refractivity contribution in [1.82, 2.24) is 20.2 Å². The van der Waals surface area contributed by atoms with E-state index in [0.717, 1.165) is 0 Å². The van der Waals surface area contributed by atoms with Crippen LogP contribution in [0.1, 0.15) is 0 Å². The standard InChI is InChI=1S/C4H7N5S/c1-5-4(10)8-9-2-6-7-3-9/h2-3H,1H3,(H2,5,8,10). The van der Waals surface area contributed by atoms with Crippen LogP contribution in [0.2, 0.25) is 0 Å². The molecule has 0 bridgehead atoms. The Bertz CT molecular complexity index is 205. The lowest BCUT2D eigenvalue weighted by Crippen LogP contribution is -2.30. The third-order valence-corrected chi connectivity index (χ3v) is 1.17. The second kappa shape index (κ2) is 3.11. The van der Waals surface area contributed by atoms with Gasteiger partial charge in [-0.1, -0.05) is 0 Å². The van der Waals surface area contributed by atoms with E-state index in [1.165, 1.54) is 12.7 Å². The van der Waals surface area contributed by atoms with Crippen molar-refractivity contribution in [3.8, 4) is 0 Å². The van der Waals surface area contributed by atoms with Gasteiger partial charge in [-0.05, 0) is 12.2 Å². The minimum absolute atomic E-state index is 0.528. The maximum Gasteiger partial charge on any atom is 0.185 e. The van der Waals surface area contributed by atoms with Crippen LogP contribution in [-0.2, 0) is 0 Å². The summed E-state index contributed by atoms with van der Waals surface area (Å²) < 4.78 is 1.55. The number of nitrogens with zero attached hydrogens (tertiary/aromatic N) is 3. The Morgan fingerprint density at radius 3 is 2.60 bits per heavy atom. The first-order valence-electron chi connectivity index (χ1n) is 2.66. The van der Waals surface area contributed by atoms with Crippen LogP contribution in [0.5, 0.6) is 0 Å². The van der Waals surface area contributed by atoms with E-state index in [1.807, 2.05) is 0 Å². The van der Waals surface area contributed by atoms with Gasteiger partial charge in [0.1, 0.15) is 12.7 Å². The molecule has 6 heteroatoms. The summed E-state index contributed by atoms with van der Waals surface area (Å²) in [5.41, 5.74) is 2.78. The fourth-order valence-corrected chi connectivity index (χ4v) is 0.537. The van der Waals surface area contributed by atoms with Crippen LogP contribution >= 0.6 is 12.2 Å². The first-order valence-corrected chi connectivity index (χ1v) is 3.07. The van der Waals surface area contributed by atoms with Gasteiger partial charge in [-0.15, -0.1) is 10.2 Å². The smallest absolute Gasteiger partial charge is 0.185 e. The third-order valence-electron chi connectivity index (χ3n) is 0.876. The van der Waals surface area contributed by atoms with Crippen molar-refractivity contribution in [2.75, 3.05) is 12.5 Å². The second-order valence-electron chi connectivity index (χ2n) is 1.56. The molecule has 1 aromatic rings. The minimum atomic E-state index is 0.528. The maximum atomic E-state index is 4.80. The second-order valence-corrected chi connectivity index (χ2v) is 1.97. The molecule has 0 unspecified atom stereocenters. The molecule has 5 nitrogen and oxygen atoms in total. The Hall–Kier alpha value is -1.17. The van der Waals surface area contributed by atoms with Crippen molar-refractivity contribution in [2.24, 2.45) is 0 Å². The summed E-state index contributed by atoms with van der Waals surface area (Å²) in [6.07, 6.45) is 3.04. The van der Waals surface area contributed by atoms with E-state index in [-0.39, 0.29) is 0 Å². The molecule has 0 aliphatic heterocycles. The van der Waals surface area contributed by atoms with Crippen molar-refractivity contribution in [3.05, 3.63) is 12.7 Å². The van der Waals surface area contributed by atoms with Crippen LogP contribution in [-0.4, -0.2) is 27.0 Å². The minimum Gasteiger partial charge on any atom is -0.364 e. The zero-order valence-electron chi connectivity index (χ0n) is 5.40. The van der Waals surface area contributed by atoms with E-state index in [0.29, 0.717) is 5.11 Å². The van der Waals surface area contributed by atoms with Gasteiger partial charge in [0.15, 0.2) is 5.11 Å². The SMILES string of the molecule is CNC(=S)Nn1cnnc1. The quantitative estimate of drug-likeness (QED) is 0.529. The Kier molecular flexibility index (Phi) is 2.16. The largest absolute Gasteiger partial charge is 0.364 e. The molecule has 0 saturated carbocycles. The van der Waals surface area contributed by atoms with Gasteiger partial charge in [0.2, 0.25) is 0 Å². The van der Waals surface area contributed by atoms with E-state index in [1.54, 1.807) is 11.7 Å². The number of nitrogens with one attached hydrogen (secondary N) is 2. The fourth-order valence-electron chi connectivity index (χ4n) is 0.432. The average molecular weight is 157 g/mol. The van der Waals surface area contributed by atoms with Gasteiger partial charge in [0, 0.05) is 7.05 Å². The highest BCUT2D eigenvalue weighted by molar-refractivity contribution is 7.80. The molecular formula is C4H7N5S. The van der Waals surface area contributed by atoms with Crippen molar-refractivity contribution in [3.63, 3.8) is 0 Å². The van der Waals surface area contributed by atoms with Gasteiger partial charge in [0.05, 0.1) is 0 Å². The predicted molar refractivity (Wildman–Crippen MR) is 41.0 cm³/mol. The number of thiocarbonyl (C=S) groups is 1. The molecule has 2 N–H and O–H groups in total. The lowest BCUT2D eigenvalue weighted by molar-refractivity contribution is 0.953. The van der Waals surface area contributed by atoms with E-state index < -0.39 is 0 Å². The van der Waals surface area contributed by atoms with Crippen LogP contribution < -0.4 is 10.7 Å². The fraction of sp³-hybridized carbons (Fsp3) is 0.250. The lowest BCUT2D eigenvalue weighted by Gasteiger charge is -2.04. The number of rotatable bonds is 1. The lowest BCUT2D eigenvalue weighted by atomic mass is 11.0. The van der Waals surface area contributed by atoms with Crippen molar-refractivity contribution in [1.29, 1.82) is 0 Å². The van der Waals surface area contributed by atoms with Gasteiger partial charge >= 0.3 is 0 Å². The molecule has 54 valence electrons. The Morgan fingerprint density at radius 2 is 2.10 bits per heavy atom. The summed E-state index contributed by atoms with van der Waals surface area (Å²) in [6, 6.07) is 0. The van der Waals surface area contributed by atoms with Gasteiger partial charge in [-0.25, -0.2) is 4.68 Å². The number of hydrogen-bond donors (Lipinski definition) is 2.